The Bertz CT molecular complexity index is 1940. The summed E-state index contributed by atoms with van der Waals surface area (Å²) < 4.78 is 86.1. The van der Waals surface area contributed by atoms with Gasteiger partial charge in [0.1, 0.15) is 29.7 Å². The van der Waals surface area contributed by atoms with E-state index < -0.39 is 100 Å². The second-order valence-corrected chi connectivity index (χ2v) is 16.9. The van der Waals surface area contributed by atoms with Gasteiger partial charge in [0.25, 0.3) is 5.56 Å². The smallest absolute Gasteiger partial charge is 0.459 e. The van der Waals surface area contributed by atoms with E-state index >= 15 is 4.39 Å². The van der Waals surface area contributed by atoms with Crippen molar-refractivity contribution < 1.29 is 55.4 Å². The van der Waals surface area contributed by atoms with Gasteiger partial charge in [-0.1, -0.05) is 43.3 Å². The molecule has 54 heavy (non-hydrogen) atoms. The molecule has 296 valence electrons. The maximum absolute atomic E-state index is 16.7. The molecular weight excluding hydrogens is 751 g/mol. The molecule has 19 heteroatoms. The fourth-order valence-electron chi connectivity index (χ4n) is 5.14. The number of aromatic nitrogens is 2. The molecule has 4 rings (SSSR count). The maximum atomic E-state index is 16.7. The van der Waals surface area contributed by atoms with Crippen LogP contribution in [-0.2, 0) is 42.0 Å². The molecule has 0 amide bonds. The van der Waals surface area contributed by atoms with Crippen molar-refractivity contribution in [2.24, 2.45) is 5.92 Å². The van der Waals surface area contributed by atoms with Crippen molar-refractivity contribution >= 4 is 27.3 Å². The Morgan fingerprint density at radius 3 is 2.02 bits per heavy atom. The summed E-state index contributed by atoms with van der Waals surface area (Å²) in [7, 11) is -9.08. The molecule has 0 spiro atoms. The number of aryl methyl sites for hydroxylation is 1. The number of H-pyrrole nitrogens is 1. The van der Waals surface area contributed by atoms with E-state index in [1.165, 1.54) is 45.0 Å². The van der Waals surface area contributed by atoms with Crippen molar-refractivity contribution in [3.8, 4) is 11.5 Å². The van der Waals surface area contributed by atoms with Crippen molar-refractivity contribution in [3.63, 3.8) is 0 Å². The lowest BCUT2D eigenvalue weighted by molar-refractivity contribution is -0.151. The second kappa shape index (κ2) is 18.5. The Morgan fingerprint density at radius 1 is 0.889 bits per heavy atom. The molecule has 0 radical (unpaired) electrons. The van der Waals surface area contributed by atoms with Crippen molar-refractivity contribution in [1.29, 1.82) is 0 Å². The Morgan fingerprint density at radius 2 is 1.44 bits per heavy atom. The molecule has 1 saturated heterocycles. The highest BCUT2D eigenvalue weighted by atomic mass is 31.2. The molecule has 1 aromatic heterocycles. The SMILES string of the molecule is Cc1cn([C@H]2O[C@@H](CO[P@](=O)(C[C@@H](C)C(=O)OC(C)C)Oc3ccccc3)[C@H](O[P@](=O)(N[C@@H](C)C(=O)OC(C)C)Oc3ccccc3)[C@H]2F)c(=O)[nH]c1=O. The van der Waals surface area contributed by atoms with Crippen LogP contribution in [-0.4, -0.2) is 70.9 Å². The summed E-state index contributed by atoms with van der Waals surface area (Å²) in [6.45, 7) is 9.97. The van der Waals surface area contributed by atoms with Crippen LogP contribution in [0.5, 0.6) is 11.5 Å². The number of para-hydroxylation sites is 2. The van der Waals surface area contributed by atoms with Crippen LogP contribution >= 0.6 is 15.3 Å². The summed E-state index contributed by atoms with van der Waals surface area (Å²) in [5, 5.41) is 2.48. The highest BCUT2D eigenvalue weighted by molar-refractivity contribution is 7.54. The fraction of sp³-hybridized carbons (Fsp3) is 0.486. The molecule has 0 bridgehead atoms. The number of ether oxygens (including phenoxy) is 3. The highest BCUT2D eigenvalue weighted by Gasteiger charge is 2.52. The summed E-state index contributed by atoms with van der Waals surface area (Å²) in [4.78, 5) is 52.6. The number of hydrogen-bond donors (Lipinski definition) is 2. The molecule has 8 atom stereocenters. The van der Waals surface area contributed by atoms with Crippen LogP contribution in [0, 0.1) is 12.8 Å². The Balaban J connectivity index is 1.72. The number of alkyl halides is 1. The van der Waals surface area contributed by atoms with Gasteiger partial charge in [0.15, 0.2) is 12.4 Å². The molecule has 0 unspecified atom stereocenters. The van der Waals surface area contributed by atoms with Gasteiger partial charge < -0.3 is 23.3 Å². The van der Waals surface area contributed by atoms with E-state index in [1.54, 1.807) is 64.1 Å². The largest absolute Gasteiger partial charge is 0.463 e. The van der Waals surface area contributed by atoms with E-state index in [4.69, 9.17) is 32.3 Å². The van der Waals surface area contributed by atoms with Gasteiger partial charge in [-0.05, 0) is 65.8 Å². The van der Waals surface area contributed by atoms with Crippen LogP contribution in [0.25, 0.3) is 0 Å². The average molecular weight is 798 g/mol. The van der Waals surface area contributed by atoms with Gasteiger partial charge in [-0.3, -0.25) is 33.0 Å². The van der Waals surface area contributed by atoms with Crippen LogP contribution in [0.4, 0.5) is 4.39 Å². The van der Waals surface area contributed by atoms with Gasteiger partial charge in [0.05, 0.1) is 30.9 Å². The maximum Gasteiger partial charge on any atom is 0.459 e. The van der Waals surface area contributed by atoms with Crippen molar-refractivity contribution in [2.45, 2.75) is 91.3 Å². The first-order valence-corrected chi connectivity index (χ1v) is 20.5. The molecule has 1 aliphatic rings. The van der Waals surface area contributed by atoms with Gasteiger partial charge in [-0.25, -0.2) is 18.3 Å². The molecule has 1 fully saturated rings. The highest BCUT2D eigenvalue weighted by Crippen LogP contribution is 2.53. The third kappa shape index (κ3) is 11.7. The van der Waals surface area contributed by atoms with Crippen molar-refractivity contribution in [1.82, 2.24) is 14.6 Å². The Labute approximate surface area is 311 Å². The Hall–Kier alpha value is -4.11. The standard InChI is InChI=1S/C35H46FN3O13P2/c1-21(2)47-33(41)24(6)20-53(44,50-26-14-10-8-11-15-26)46-19-28-30(29(36)32(49-28)39-18-23(5)31(40)37-35(39)43)52-54(45,51-27-16-12-9-13-17-27)38-25(7)34(42)48-22(3)4/h8-18,21-22,24-25,28-30,32H,19-20H2,1-7H3,(H,38,45)(H,37,40,43)/t24-,25+,28+,29-,30+,32+,53-,54+/m1/s1. The normalized spacial score (nSPS) is 21.8. The number of benzene rings is 2. The number of hydrogen-bond acceptors (Lipinski definition) is 13. The number of nitrogens with one attached hydrogen (secondary N) is 2. The molecular formula is C35H46FN3O13P2. The van der Waals surface area contributed by atoms with Crippen molar-refractivity contribution in [2.75, 3.05) is 12.8 Å². The average Bonchev–Trinajstić information content (AvgIpc) is 3.39. The molecule has 2 N–H and O–H groups in total. The molecule has 0 aliphatic carbocycles. The summed E-state index contributed by atoms with van der Waals surface area (Å²) in [5.74, 6) is -2.32. The second-order valence-electron chi connectivity index (χ2n) is 13.2. The van der Waals surface area contributed by atoms with E-state index in [2.05, 4.69) is 10.1 Å². The predicted octanol–water partition coefficient (Wildman–Crippen LogP) is 5.46. The van der Waals surface area contributed by atoms with Gasteiger partial charge in [-0.2, -0.15) is 5.09 Å². The van der Waals surface area contributed by atoms with Crippen LogP contribution in [0.3, 0.4) is 0 Å². The van der Waals surface area contributed by atoms with Gasteiger partial charge >= 0.3 is 33.0 Å². The van der Waals surface area contributed by atoms with Gasteiger partial charge in [0.2, 0.25) is 0 Å². The number of halogens is 1. The number of nitrogens with zero attached hydrogens (tertiary/aromatic N) is 1. The van der Waals surface area contributed by atoms with E-state index in [-0.39, 0.29) is 17.1 Å². The summed E-state index contributed by atoms with van der Waals surface area (Å²) in [6.07, 6.45) is -8.00. The molecule has 16 nitrogen and oxygen atoms in total. The first-order chi connectivity index (χ1) is 25.4. The van der Waals surface area contributed by atoms with Crippen LogP contribution in [0.15, 0.2) is 76.4 Å². The fourth-order valence-corrected chi connectivity index (χ4v) is 8.72. The van der Waals surface area contributed by atoms with Gasteiger partial charge in [0, 0.05) is 11.8 Å². The zero-order valence-corrected chi connectivity index (χ0v) is 32.7. The van der Waals surface area contributed by atoms with Gasteiger partial charge in [-0.15, -0.1) is 0 Å². The number of carbonyl (C=O) groups is 2. The van der Waals surface area contributed by atoms with Crippen LogP contribution < -0.4 is 25.4 Å². The molecule has 2 aromatic carbocycles. The van der Waals surface area contributed by atoms with Crippen LogP contribution in [0.1, 0.15) is 53.3 Å². The first-order valence-electron chi connectivity index (χ1n) is 17.2. The third-order valence-corrected chi connectivity index (χ3v) is 11.4. The quantitative estimate of drug-likeness (QED) is 0.121. The number of aromatic amines is 1. The molecule has 2 heterocycles. The number of rotatable bonds is 18. The number of esters is 2. The Kier molecular flexibility index (Phi) is 14.6. The third-order valence-electron chi connectivity index (χ3n) is 7.65. The molecule has 0 saturated carbocycles. The summed E-state index contributed by atoms with van der Waals surface area (Å²) in [6, 6.07) is 14.4. The van der Waals surface area contributed by atoms with E-state index in [0.29, 0.717) is 0 Å². The minimum Gasteiger partial charge on any atom is -0.463 e. The molecule has 3 aromatic rings. The van der Waals surface area contributed by atoms with Crippen molar-refractivity contribution in [3.05, 3.63) is 93.3 Å². The first kappa shape index (κ1) is 42.6. The predicted molar refractivity (Wildman–Crippen MR) is 194 cm³/mol. The molecule has 1 aliphatic heterocycles. The zero-order chi connectivity index (χ0) is 39.8. The summed E-state index contributed by atoms with van der Waals surface area (Å²) >= 11 is 0. The number of carbonyl (C=O) groups excluding carboxylic acids is 2. The zero-order valence-electron chi connectivity index (χ0n) is 30.9. The van der Waals surface area contributed by atoms with E-state index in [9.17, 15) is 28.3 Å². The minimum absolute atomic E-state index is 0.0203. The topological polar surface area (TPSA) is 200 Å². The monoisotopic (exact) mass is 797 g/mol. The lowest BCUT2D eigenvalue weighted by atomic mass is 10.1. The lowest BCUT2D eigenvalue weighted by Gasteiger charge is -2.28. The summed E-state index contributed by atoms with van der Waals surface area (Å²) in [5.41, 5.74) is -1.70. The van der Waals surface area contributed by atoms with E-state index in [1.807, 2.05) is 0 Å². The van der Waals surface area contributed by atoms with Crippen LogP contribution in [0.2, 0.25) is 0 Å². The lowest BCUT2D eigenvalue weighted by Crippen LogP contribution is -2.41. The minimum atomic E-state index is -4.77. The van der Waals surface area contributed by atoms with E-state index in [0.717, 1.165) is 10.8 Å².